The highest BCUT2D eigenvalue weighted by molar-refractivity contribution is 7.87. The van der Waals surface area contributed by atoms with Crippen LogP contribution in [0.25, 0.3) is 0 Å². The third kappa shape index (κ3) is 7.48. The summed E-state index contributed by atoms with van der Waals surface area (Å²) in [6.07, 6.45) is 5.42. The first-order chi connectivity index (χ1) is 19.0. The molecule has 0 aliphatic heterocycles. The van der Waals surface area contributed by atoms with Gasteiger partial charge in [-0.2, -0.15) is 0 Å². The minimum atomic E-state index is -1.19. The molecule has 0 aromatic heterocycles. The van der Waals surface area contributed by atoms with Gasteiger partial charge in [0.15, 0.2) is 0 Å². The van der Waals surface area contributed by atoms with E-state index in [9.17, 15) is 9.32 Å². The average Bonchev–Trinajstić information content (AvgIpc) is 2.97. The van der Waals surface area contributed by atoms with Crippen LogP contribution in [0.3, 0.4) is 0 Å². The van der Waals surface area contributed by atoms with Gasteiger partial charge in [0.1, 0.15) is 5.60 Å². The van der Waals surface area contributed by atoms with Crippen molar-refractivity contribution in [1.82, 2.24) is 0 Å². The van der Waals surface area contributed by atoms with Crippen LogP contribution in [-0.2, 0) is 21.1 Å². The quantitative estimate of drug-likeness (QED) is 0.181. The molecule has 0 fully saturated rings. The van der Waals surface area contributed by atoms with Gasteiger partial charge in [-0.15, -0.1) is 0 Å². The zero-order chi connectivity index (χ0) is 29.3. The lowest BCUT2D eigenvalue weighted by Crippen LogP contribution is -2.39. The Bertz CT molecular complexity index is 1160. The van der Waals surface area contributed by atoms with Crippen molar-refractivity contribution in [3.8, 4) is 0 Å². The lowest BCUT2D eigenvalue weighted by molar-refractivity contribution is 0.00179. The molecule has 0 radical (unpaired) electrons. The van der Waals surface area contributed by atoms with Gasteiger partial charge < -0.3 is 9.84 Å². The molecular formula is C36H46O3S. The number of ether oxygens (including phenoxy) is 1. The Morgan fingerprint density at radius 3 is 1.62 bits per heavy atom. The molecular weight excluding hydrogens is 512 g/mol. The average molecular weight is 559 g/mol. The van der Waals surface area contributed by atoms with Gasteiger partial charge in [-0.1, -0.05) is 123 Å². The van der Waals surface area contributed by atoms with Crippen molar-refractivity contribution in [3.63, 3.8) is 0 Å². The Morgan fingerprint density at radius 1 is 0.825 bits per heavy atom. The van der Waals surface area contributed by atoms with Gasteiger partial charge >= 0.3 is 0 Å². The maximum Gasteiger partial charge on any atom is 0.143 e. The van der Waals surface area contributed by atoms with Crippen LogP contribution >= 0.6 is 0 Å². The normalized spacial score (nSPS) is 16.9. The largest absolute Gasteiger partial charge is 0.388 e. The molecule has 3 rings (SSSR count). The SMILES string of the molecule is C/C=C(\C)[C@@H](O)[C@@H](C)[C@H](/C=C/[C@@H](C)COC(c1ccccc1)(c1ccccc1)c1ccccc1)S(=O)C(C)(C)C. The van der Waals surface area contributed by atoms with E-state index in [4.69, 9.17) is 4.74 Å². The second kappa shape index (κ2) is 14.2. The monoisotopic (exact) mass is 558 g/mol. The number of rotatable bonds is 12. The van der Waals surface area contributed by atoms with Crippen LogP contribution in [0.2, 0.25) is 0 Å². The number of benzene rings is 3. The lowest BCUT2D eigenvalue weighted by Gasteiger charge is -2.36. The third-order valence-electron chi connectivity index (χ3n) is 7.52. The van der Waals surface area contributed by atoms with Gasteiger partial charge in [0, 0.05) is 21.5 Å². The predicted molar refractivity (Wildman–Crippen MR) is 170 cm³/mol. The van der Waals surface area contributed by atoms with Crippen molar-refractivity contribution in [3.05, 3.63) is 131 Å². The summed E-state index contributed by atoms with van der Waals surface area (Å²) >= 11 is 0. The van der Waals surface area contributed by atoms with Crippen LogP contribution in [0, 0.1) is 11.8 Å². The number of hydrogen-bond donors (Lipinski definition) is 1. The van der Waals surface area contributed by atoms with Crippen LogP contribution in [0.4, 0.5) is 0 Å². The van der Waals surface area contributed by atoms with Crippen LogP contribution in [0.15, 0.2) is 115 Å². The summed E-state index contributed by atoms with van der Waals surface area (Å²) in [5.74, 6) is -0.153. The van der Waals surface area contributed by atoms with E-state index >= 15 is 0 Å². The molecule has 0 saturated carbocycles. The fourth-order valence-electron chi connectivity index (χ4n) is 4.99. The summed E-state index contributed by atoms with van der Waals surface area (Å²) < 4.78 is 20.2. The molecule has 1 N–H and O–H groups in total. The summed E-state index contributed by atoms with van der Waals surface area (Å²) in [5.41, 5.74) is 3.30. The zero-order valence-corrected chi connectivity index (χ0v) is 25.9. The molecule has 0 heterocycles. The maximum atomic E-state index is 13.6. The number of aliphatic hydroxyl groups is 1. The summed E-state index contributed by atoms with van der Waals surface area (Å²) in [4.78, 5) is 0. The molecule has 3 nitrogen and oxygen atoms in total. The van der Waals surface area contributed by atoms with Gasteiger partial charge in [-0.05, 0) is 62.8 Å². The maximum absolute atomic E-state index is 13.6. The van der Waals surface area contributed by atoms with Crippen molar-refractivity contribution < 1.29 is 14.1 Å². The lowest BCUT2D eigenvalue weighted by atomic mass is 9.80. The molecule has 4 heteroatoms. The Balaban J connectivity index is 1.97. The van der Waals surface area contributed by atoms with E-state index in [2.05, 4.69) is 85.8 Å². The molecule has 1 unspecified atom stereocenters. The Labute approximate surface area is 244 Å². The summed E-state index contributed by atoms with van der Waals surface area (Å²) in [6, 6.07) is 31.1. The predicted octanol–water partition coefficient (Wildman–Crippen LogP) is 8.07. The highest BCUT2D eigenvalue weighted by Gasteiger charge is 2.38. The molecule has 3 aromatic rings. The first-order valence-corrected chi connectivity index (χ1v) is 15.4. The van der Waals surface area contributed by atoms with E-state index in [1.165, 1.54) is 0 Å². The van der Waals surface area contributed by atoms with Gasteiger partial charge in [-0.25, -0.2) is 0 Å². The first kappa shape index (κ1) is 31.7. The van der Waals surface area contributed by atoms with Gasteiger partial charge in [-0.3, -0.25) is 4.21 Å². The highest BCUT2D eigenvalue weighted by atomic mass is 32.2. The Hall–Kier alpha value is -2.79. The van der Waals surface area contributed by atoms with E-state index in [1.54, 1.807) is 0 Å². The molecule has 0 aliphatic carbocycles. The van der Waals surface area contributed by atoms with Crippen LogP contribution < -0.4 is 0 Å². The van der Waals surface area contributed by atoms with Crippen LogP contribution in [-0.4, -0.2) is 32.0 Å². The molecule has 0 bridgehead atoms. The molecule has 0 amide bonds. The summed E-state index contributed by atoms with van der Waals surface area (Å²) in [7, 11) is -1.19. The van der Waals surface area contributed by atoms with Crippen molar-refractivity contribution in [2.24, 2.45) is 11.8 Å². The van der Waals surface area contributed by atoms with E-state index in [1.807, 2.05) is 71.9 Å². The molecule has 214 valence electrons. The van der Waals surface area contributed by atoms with E-state index in [-0.39, 0.29) is 17.1 Å². The topological polar surface area (TPSA) is 46.5 Å². The molecule has 3 aromatic carbocycles. The molecule has 0 aliphatic rings. The summed E-state index contributed by atoms with van der Waals surface area (Å²) in [6.45, 7) is 14.4. The van der Waals surface area contributed by atoms with Gasteiger partial charge in [0.2, 0.25) is 0 Å². The minimum absolute atomic E-state index is 0.0436. The fraction of sp³-hybridized carbons (Fsp3) is 0.389. The Kier molecular flexibility index (Phi) is 11.3. The number of aliphatic hydroxyl groups excluding tert-OH is 1. The third-order valence-corrected chi connectivity index (χ3v) is 9.81. The number of allylic oxidation sites excluding steroid dienone is 1. The van der Waals surface area contributed by atoms with Crippen molar-refractivity contribution in [2.75, 3.05) is 6.61 Å². The standard InChI is InChI=1S/C36H46O3S/c1-8-28(3)34(37)29(4)33(40(38)35(5,6)7)25-24-27(2)26-39-36(30-18-12-9-13-19-30,31-20-14-10-15-21-31)32-22-16-11-17-23-32/h8-25,27,29,33-34,37H,26H2,1-7H3/b25-24+,28-8+/t27-,29+,33+,34-,40?/m1/s1. The molecule has 0 spiro atoms. The van der Waals surface area contributed by atoms with E-state index in [0.29, 0.717) is 6.61 Å². The van der Waals surface area contributed by atoms with Gasteiger partial charge in [0.25, 0.3) is 0 Å². The van der Waals surface area contributed by atoms with Crippen molar-refractivity contribution in [1.29, 1.82) is 0 Å². The molecule has 5 atom stereocenters. The van der Waals surface area contributed by atoms with Crippen molar-refractivity contribution >= 4 is 10.8 Å². The van der Waals surface area contributed by atoms with E-state index in [0.717, 1.165) is 22.3 Å². The zero-order valence-electron chi connectivity index (χ0n) is 25.1. The Morgan fingerprint density at radius 2 is 1.25 bits per heavy atom. The molecule has 0 saturated heterocycles. The second-order valence-electron chi connectivity index (χ2n) is 11.7. The fourth-order valence-corrected chi connectivity index (χ4v) is 6.58. The van der Waals surface area contributed by atoms with Gasteiger partial charge in [0.05, 0.1) is 18.0 Å². The highest BCUT2D eigenvalue weighted by Crippen LogP contribution is 2.41. The van der Waals surface area contributed by atoms with Crippen LogP contribution in [0.1, 0.15) is 65.2 Å². The smallest absolute Gasteiger partial charge is 0.143 e. The number of hydrogen-bond acceptors (Lipinski definition) is 3. The minimum Gasteiger partial charge on any atom is -0.388 e. The van der Waals surface area contributed by atoms with Crippen LogP contribution in [0.5, 0.6) is 0 Å². The summed E-state index contributed by atoms with van der Waals surface area (Å²) in [5, 5.41) is 10.7. The van der Waals surface area contributed by atoms with E-state index < -0.39 is 27.3 Å². The first-order valence-electron chi connectivity index (χ1n) is 14.2. The van der Waals surface area contributed by atoms with Crippen molar-refractivity contribution in [2.45, 2.75) is 70.2 Å². The molecule has 40 heavy (non-hydrogen) atoms. The second-order valence-corrected chi connectivity index (χ2v) is 14.0.